The van der Waals surface area contributed by atoms with Gasteiger partial charge in [0, 0.05) is 25.3 Å². The molecule has 0 radical (unpaired) electrons. The van der Waals surface area contributed by atoms with E-state index in [0.717, 1.165) is 25.3 Å². The molecule has 1 N–H and O–H groups in total. The number of halogens is 1. The second-order valence-corrected chi connectivity index (χ2v) is 6.96. The summed E-state index contributed by atoms with van der Waals surface area (Å²) in [6.07, 6.45) is 5.88. The molecule has 1 aromatic rings. The van der Waals surface area contributed by atoms with Crippen LogP contribution in [0.1, 0.15) is 29.6 Å². The first kappa shape index (κ1) is 15.8. The Balaban J connectivity index is 2.15. The van der Waals surface area contributed by atoms with E-state index in [4.69, 9.17) is 0 Å². The van der Waals surface area contributed by atoms with Crippen LogP contribution in [0, 0.1) is 5.82 Å². The third kappa shape index (κ3) is 4.21. The van der Waals surface area contributed by atoms with Crippen molar-refractivity contribution >= 4 is 15.9 Å². The molecule has 1 aliphatic heterocycles. The van der Waals surface area contributed by atoms with E-state index in [1.54, 1.807) is 4.90 Å². The number of rotatable bonds is 4. The van der Waals surface area contributed by atoms with Gasteiger partial charge in [-0.15, -0.1) is 0 Å². The Kier molecular flexibility index (Phi) is 4.89. The van der Waals surface area contributed by atoms with Gasteiger partial charge in [-0.2, -0.15) is 0 Å². The topological polar surface area (TPSA) is 79.4 Å². The highest BCUT2D eigenvalue weighted by Gasteiger charge is 2.29. The number of amides is 1. The standard InChI is InChI=1S/C13H18FN3O3S/c1-21(19,20)16-8-10-4-2-3-7-17(10)13(18)11-5-6-15-9-12(11)14/h5-6,9-10,16H,2-4,7-8H2,1H3. The number of hydrogen-bond donors (Lipinski definition) is 1. The fraction of sp³-hybridized carbons (Fsp3) is 0.538. The number of piperidine rings is 1. The highest BCUT2D eigenvalue weighted by atomic mass is 32.2. The zero-order chi connectivity index (χ0) is 15.5. The Morgan fingerprint density at radius 2 is 2.29 bits per heavy atom. The molecule has 2 rings (SSSR count). The summed E-state index contributed by atoms with van der Waals surface area (Å²) in [5.41, 5.74) is -0.0312. The Hall–Kier alpha value is -1.54. The molecule has 6 nitrogen and oxygen atoms in total. The van der Waals surface area contributed by atoms with E-state index >= 15 is 0 Å². The molecule has 21 heavy (non-hydrogen) atoms. The van der Waals surface area contributed by atoms with Crippen molar-refractivity contribution in [3.05, 3.63) is 29.8 Å². The molecule has 1 aromatic heterocycles. The van der Waals surface area contributed by atoms with Crippen LogP contribution in [-0.4, -0.2) is 49.6 Å². The molecule has 1 amide bonds. The van der Waals surface area contributed by atoms with Gasteiger partial charge < -0.3 is 4.90 Å². The molecule has 8 heteroatoms. The first-order chi connectivity index (χ1) is 9.88. The summed E-state index contributed by atoms with van der Waals surface area (Å²) in [5, 5.41) is 0. The van der Waals surface area contributed by atoms with Gasteiger partial charge in [-0.25, -0.2) is 17.5 Å². The lowest BCUT2D eigenvalue weighted by molar-refractivity contribution is 0.0614. The quantitative estimate of drug-likeness (QED) is 0.890. The van der Waals surface area contributed by atoms with Gasteiger partial charge in [0.15, 0.2) is 5.82 Å². The Labute approximate surface area is 123 Å². The van der Waals surface area contributed by atoms with E-state index in [0.29, 0.717) is 13.0 Å². The normalized spacial score (nSPS) is 19.5. The zero-order valence-corrected chi connectivity index (χ0v) is 12.6. The van der Waals surface area contributed by atoms with E-state index in [-0.39, 0.29) is 18.2 Å². The second kappa shape index (κ2) is 6.48. The van der Waals surface area contributed by atoms with Crippen molar-refractivity contribution in [1.29, 1.82) is 0 Å². The average Bonchev–Trinajstić information content (AvgIpc) is 2.44. The van der Waals surface area contributed by atoms with Crippen molar-refractivity contribution in [1.82, 2.24) is 14.6 Å². The van der Waals surface area contributed by atoms with Crippen LogP contribution in [0.25, 0.3) is 0 Å². The molecule has 1 atom stereocenters. The Morgan fingerprint density at radius 1 is 1.52 bits per heavy atom. The lowest BCUT2D eigenvalue weighted by Gasteiger charge is -2.35. The maximum atomic E-state index is 13.7. The van der Waals surface area contributed by atoms with Crippen molar-refractivity contribution in [2.75, 3.05) is 19.3 Å². The molecule has 1 unspecified atom stereocenters. The number of hydrogen-bond acceptors (Lipinski definition) is 4. The molecule has 0 saturated carbocycles. The number of sulfonamides is 1. The van der Waals surface area contributed by atoms with Crippen LogP contribution in [0.15, 0.2) is 18.5 Å². The summed E-state index contributed by atoms with van der Waals surface area (Å²) in [4.78, 5) is 17.6. The summed E-state index contributed by atoms with van der Waals surface area (Å²) in [6.45, 7) is 0.647. The fourth-order valence-corrected chi connectivity index (χ4v) is 2.93. The number of nitrogens with zero attached hydrogens (tertiary/aromatic N) is 2. The van der Waals surface area contributed by atoms with Crippen LogP contribution in [-0.2, 0) is 10.0 Å². The predicted molar refractivity (Wildman–Crippen MR) is 75.7 cm³/mol. The zero-order valence-electron chi connectivity index (χ0n) is 11.8. The summed E-state index contributed by atoms with van der Waals surface area (Å²) >= 11 is 0. The number of pyridine rings is 1. The second-order valence-electron chi connectivity index (χ2n) is 5.12. The minimum absolute atomic E-state index is 0.0312. The van der Waals surface area contributed by atoms with Crippen molar-refractivity contribution in [3.63, 3.8) is 0 Å². The van der Waals surface area contributed by atoms with E-state index in [1.165, 1.54) is 12.3 Å². The molecule has 0 aromatic carbocycles. The summed E-state index contributed by atoms with van der Waals surface area (Å²) < 4.78 is 38.5. The van der Waals surface area contributed by atoms with Gasteiger partial charge >= 0.3 is 0 Å². The van der Waals surface area contributed by atoms with E-state index < -0.39 is 21.7 Å². The van der Waals surface area contributed by atoms with Crippen molar-refractivity contribution in [2.45, 2.75) is 25.3 Å². The maximum absolute atomic E-state index is 13.7. The summed E-state index contributed by atoms with van der Waals surface area (Å²) in [6, 6.07) is 1.08. The molecule has 116 valence electrons. The molecule has 2 heterocycles. The SMILES string of the molecule is CS(=O)(=O)NCC1CCCCN1C(=O)c1ccncc1F. The molecule has 0 spiro atoms. The highest BCUT2D eigenvalue weighted by Crippen LogP contribution is 2.20. The Bertz CT molecular complexity index is 621. The third-order valence-corrected chi connectivity index (χ3v) is 4.16. The number of aromatic nitrogens is 1. The van der Waals surface area contributed by atoms with Gasteiger partial charge in [0.1, 0.15) is 0 Å². The minimum atomic E-state index is -3.32. The average molecular weight is 315 g/mol. The summed E-state index contributed by atoms with van der Waals surface area (Å²) in [7, 11) is -3.32. The molecule has 0 aliphatic carbocycles. The smallest absolute Gasteiger partial charge is 0.257 e. The van der Waals surface area contributed by atoms with Crippen molar-refractivity contribution < 1.29 is 17.6 Å². The van der Waals surface area contributed by atoms with Gasteiger partial charge in [0.2, 0.25) is 10.0 Å². The van der Waals surface area contributed by atoms with Crippen LogP contribution < -0.4 is 4.72 Å². The number of carbonyl (C=O) groups is 1. The molecule has 1 aliphatic rings. The first-order valence-electron chi connectivity index (χ1n) is 6.73. The minimum Gasteiger partial charge on any atom is -0.334 e. The van der Waals surface area contributed by atoms with Crippen molar-refractivity contribution in [3.8, 4) is 0 Å². The van der Waals surface area contributed by atoms with E-state index in [2.05, 4.69) is 9.71 Å². The first-order valence-corrected chi connectivity index (χ1v) is 8.63. The lowest BCUT2D eigenvalue weighted by Crippen LogP contribution is -2.49. The summed E-state index contributed by atoms with van der Waals surface area (Å²) in [5.74, 6) is -1.09. The Morgan fingerprint density at radius 3 is 2.95 bits per heavy atom. The van der Waals surface area contributed by atoms with Crippen LogP contribution >= 0.6 is 0 Å². The molecule has 1 saturated heterocycles. The van der Waals surface area contributed by atoms with Gasteiger partial charge in [-0.1, -0.05) is 0 Å². The van der Waals surface area contributed by atoms with E-state index in [9.17, 15) is 17.6 Å². The predicted octanol–water partition coefficient (Wildman–Crippen LogP) is 0.765. The van der Waals surface area contributed by atoms with Gasteiger partial charge in [-0.05, 0) is 25.3 Å². The fourth-order valence-electron chi connectivity index (χ4n) is 2.43. The number of carbonyl (C=O) groups excluding carboxylic acids is 1. The van der Waals surface area contributed by atoms with E-state index in [1.807, 2.05) is 0 Å². The molecule has 1 fully saturated rings. The number of likely N-dealkylation sites (tertiary alicyclic amines) is 1. The van der Waals surface area contributed by atoms with Gasteiger partial charge in [0.25, 0.3) is 5.91 Å². The maximum Gasteiger partial charge on any atom is 0.257 e. The van der Waals surface area contributed by atoms with Crippen molar-refractivity contribution in [2.24, 2.45) is 0 Å². The molecular formula is C13H18FN3O3S. The van der Waals surface area contributed by atoms with Crippen LogP contribution in [0.2, 0.25) is 0 Å². The third-order valence-electron chi connectivity index (χ3n) is 3.47. The molecule has 0 bridgehead atoms. The van der Waals surface area contributed by atoms with Gasteiger partial charge in [0.05, 0.1) is 18.0 Å². The number of nitrogens with one attached hydrogen (secondary N) is 1. The highest BCUT2D eigenvalue weighted by molar-refractivity contribution is 7.88. The van der Waals surface area contributed by atoms with Crippen LogP contribution in [0.5, 0.6) is 0 Å². The lowest BCUT2D eigenvalue weighted by atomic mass is 10.0. The van der Waals surface area contributed by atoms with Gasteiger partial charge in [-0.3, -0.25) is 9.78 Å². The monoisotopic (exact) mass is 315 g/mol. The van der Waals surface area contributed by atoms with Crippen LogP contribution in [0.3, 0.4) is 0 Å². The molecular weight excluding hydrogens is 297 g/mol. The van der Waals surface area contributed by atoms with Crippen LogP contribution in [0.4, 0.5) is 4.39 Å². The largest absolute Gasteiger partial charge is 0.334 e.